The molecule has 17 heavy (non-hydrogen) atoms. The van der Waals surface area contributed by atoms with E-state index in [1.54, 1.807) is 0 Å². The third-order valence-electron chi connectivity index (χ3n) is 3.22. The molecule has 0 saturated carbocycles. The van der Waals surface area contributed by atoms with Gasteiger partial charge in [-0.3, -0.25) is 4.98 Å². The molecule has 1 fully saturated rings. The minimum atomic E-state index is 0.459. The Balaban J connectivity index is 1.81. The minimum absolute atomic E-state index is 0.459. The van der Waals surface area contributed by atoms with E-state index in [0.717, 1.165) is 18.8 Å². The summed E-state index contributed by atoms with van der Waals surface area (Å²) in [5, 5.41) is 3.50. The highest BCUT2D eigenvalue weighted by Crippen LogP contribution is 2.22. The summed E-state index contributed by atoms with van der Waals surface area (Å²) >= 11 is 0. The number of nitrogens with one attached hydrogen (secondary N) is 1. The zero-order chi connectivity index (χ0) is 11.5. The Morgan fingerprint density at radius 1 is 1.41 bits per heavy atom. The molecule has 1 atom stereocenters. The summed E-state index contributed by atoms with van der Waals surface area (Å²) in [5.74, 6) is 0. The maximum absolute atomic E-state index is 4.35. The van der Waals surface area contributed by atoms with Crippen molar-refractivity contribution in [1.82, 2.24) is 19.9 Å². The van der Waals surface area contributed by atoms with Gasteiger partial charge >= 0.3 is 0 Å². The van der Waals surface area contributed by atoms with E-state index in [-0.39, 0.29) is 0 Å². The highest BCUT2D eigenvalue weighted by atomic mass is 15.1. The predicted octanol–water partition coefficient (Wildman–Crippen LogP) is 1.75. The number of aromatic nitrogens is 3. The van der Waals surface area contributed by atoms with Crippen molar-refractivity contribution >= 4 is 0 Å². The highest BCUT2D eigenvalue weighted by molar-refractivity contribution is 5.11. The van der Waals surface area contributed by atoms with Crippen molar-refractivity contribution in [2.75, 3.05) is 6.54 Å². The first-order valence-corrected chi connectivity index (χ1v) is 6.07. The molecule has 0 amide bonds. The molecule has 88 valence electrons. The third kappa shape index (κ3) is 2.22. The molecule has 1 saturated heterocycles. The number of nitrogens with zero attached hydrogens (tertiary/aromatic N) is 3. The van der Waals surface area contributed by atoms with Crippen LogP contribution < -0.4 is 5.32 Å². The fourth-order valence-electron chi connectivity index (χ4n) is 2.36. The van der Waals surface area contributed by atoms with Gasteiger partial charge in [-0.15, -0.1) is 0 Å². The molecule has 0 aromatic carbocycles. The number of hydrogen-bond acceptors (Lipinski definition) is 3. The summed E-state index contributed by atoms with van der Waals surface area (Å²) in [4.78, 5) is 8.61. The van der Waals surface area contributed by atoms with Crippen LogP contribution in [0.25, 0.3) is 0 Å². The average molecular weight is 228 g/mol. The van der Waals surface area contributed by atoms with Crippen molar-refractivity contribution in [2.24, 2.45) is 0 Å². The largest absolute Gasteiger partial charge is 0.327 e. The van der Waals surface area contributed by atoms with Crippen LogP contribution in [0.1, 0.15) is 30.3 Å². The standard InChI is InChI=1S/C13H16N4/c1-2-6-15-11(4-1)9-17-10-14-8-13(17)12-5-3-7-16-12/h1-2,4,6,8,10,12,16H,3,5,7,9H2. The Hall–Kier alpha value is -1.68. The Morgan fingerprint density at radius 3 is 3.18 bits per heavy atom. The van der Waals surface area contributed by atoms with E-state index in [1.807, 2.05) is 36.9 Å². The van der Waals surface area contributed by atoms with Crippen LogP contribution in [0.5, 0.6) is 0 Å². The fraction of sp³-hybridized carbons (Fsp3) is 0.385. The Kier molecular flexibility index (Phi) is 2.88. The van der Waals surface area contributed by atoms with E-state index in [1.165, 1.54) is 18.5 Å². The molecule has 1 N–H and O–H groups in total. The van der Waals surface area contributed by atoms with Crippen LogP contribution in [-0.4, -0.2) is 21.1 Å². The van der Waals surface area contributed by atoms with Crippen LogP contribution in [0.4, 0.5) is 0 Å². The number of pyridine rings is 1. The maximum Gasteiger partial charge on any atom is 0.0952 e. The Morgan fingerprint density at radius 2 is 2.41 bits per heavy atom. The molecule has 4 heteroatoms. The Labute approximate surface area is 101 Å². The summed E-state index contributed by atoms with van der Waals surface area (Å²) in [5.41, 5.74) is 2.35. The lowest BCUT2D eigenvalue weighted by Crippen LogP contribution is -2.17. The second-order valence-corrected chi connectivity index (χ2v) is 4.42. The van der Waals surface area contributed by atoms with Gasteiger partial charge in [0.2, 0.25) is 0 Å². The van der Waals surface area contributed by atoms with Gasteiger partial charge in [-0.05, 0) is 31.5 Å². The highest BCUT2D eigenvalue weighted by Gasteiger charge is 2.19. The van der Waals surface area contributed by atoms with Gasteiger partial charge in [0.25, 0.3) is 0 Å². The van der Waals surface area contributed by atoms with Crippen LogP contribution in [-0.2, 0) is 6.54 Å². The van der Waals surface area contributed by atoms with E-state index in [9.17, 15) is 0 Å². The van der Waals surface area contributed by atoms with Gasteiger partial charge in [-0.1, -0.05) is 6.07 Å². The molecule has 2 aromatic rings. The van der Waals surface area contributed by atoms with E-state index >= 15 is 0 Å². The molecule has 3 heterocycles. The average Bonchev–Trinajstić information content (AvgIpc) is 3.00. The normalized spacial score (nSPS) is 19.6. The van der Waals surface area contributed by atoms with Crippen molar-refractivity contribution in [3.8, 4) is 0 Å². The number of imidazole rings is 1. The van der Waals surface area contributed by atoms with Gasteiger partial charge in [0.05, 0.1) is 24.3 Å². The molecule has 0 radical (unpaired) electrons. The van der Waals surface area contributed by atoms with Crippen molar-refractivity contribution in [3.63, 3.8) is 0 Å². The molecule has 4 nitrogen and oxygen atoms in total. The quantitative estimate of drug-likeness (QED) is 0.870. The van der Waals surface area contributed by atoms with E-state index in [4.69, 9.17) is 0 Å². The van der Waals surface area contributed by atoms with Gasteiger partial charge in [-0.25, -0.2) is 4.98 Å². The van der Waals surface area contributed by atoms with Gasteiger partial charge in [0.1, 0.15) is 0 Å². The molecule has 0 spiro atoms. The third-order valence-corrected chi connectivity index (χ3v) is 3.22. The lowest BCUT2D eigenvalue weighted by Gasteiger charge is -2.13. The zero-order valence-electron chi connectivity index (χ0n) is 9.71. The minimum Gasteiger partial charge on any atom is -0.327 e. The molecule has 0 aliphatic carbocycles. The Bertz CT molecular complexity index is 471. The van der Waals surface area contributed by atoms with Gasteiger partial charge < -0.3 is 9.88 Å². The van der Waals surface area contributed by atoms with E-state index in [2.05, 4.69) is 19.9 Å². The van der Waals surface area contributed by atoms with Crippen molar-refractivity contribution in [3.05, 3.63) is 48.3 Å². The first-order valence-electron chi connectivity index (χ1n) is 6.07. The molecular weight excluding hydrogens is 212 g/mol. The lowest BCUT2D eigenvalue weighted by molar-refractivity contribution is 0.581. The van der Waals surface area contributed by atoms with Crippen molar-refractivity contribution < 1.29 is 0 Å². The van der Waals surface area contributed by atoms with Crippen molar-refractivity contribution in [2.45, 2.75) is 25.4 Å². The predicted molar refractivity (Wildman–Crippen MR) is 65.5 cm³/mol. The number of rotatable bonds is 3. The molecular formula is C13H16N4. The van der Waals surface area contributed by atoms with E-state index < -0.39 is 0 Å². The number of hydrogen-bond donors (Lipinski definition) is 1. The maximum atomic E-state index is 4.35. The van der Waals surface area contributed by atoms with Crippen LogP contribution in [0, 0.1) is 0 Å². The smallest absolute Gasteiger partial charge is 0.0952 e. The first-order chi connectivity index (χ1) is 8.43. The second-order valence-electron chi connectivity index (χ2n) is 4.42. The van der Waals surface area contributed by atoms with Gasteiger partial charge in [0, 0.05) is 18.4 Å². The van der Waals surface area contributed by atoms with Crippen molar-refractivity contribution in [1.29, 1.82) is 0 Å². The molecule has 1 aliphatic rings. The van der Waals surface area contributed by atoms with Gasteiger partial charge in [0.15, 0.2) is 0 Å². The lowest BCUT2D eigenvalue weighted by atomic mass is 10.2. The summed E-state index contributed by atoms with van der Waals surface area (Å²) in [6, 6.07) is 6.47. The topological polar surface area (TPSA) is 42.7 Å². The molecule has 3 rings (SSSR count). The van der Waals surface area contributed by atoms with Crippen LogP contribution in [0.2, 0.25) is 0 Å². The molecule has 0 bridgehead atoms. The van der Waals surface area contributed by atoms with Gasteiger partial charge in [-0.2, -0.15) is 0 Å². The summed E-state index contributed by atoms with van der Waals surface area (Å²) < 4.78 is 2.19. The summed E-state index contributed by atoms with van der Waals surface area (Å²) in [7, 11) is 0. The fourth-order valence-corrected chi connectivity index (χ4v) is 2.36. The first kappa shape index (κ1) is 10.5. The van der Waals surface area contributed by atoms with Crippen LogP contribution in [0.15, 0.2) is 36.9 Å². The second kappa shape index (κ2) is 4.67. The SMILES string of the molecule is c1ccc(Cn2cncc2C2CCCN2)nc1. The molecule has 2 aromatic heterocycles. The van der Waals surface area contributed by atoms with Crippen LogP contribution >= 0.6 is 0 Å². The summed E-state index contributed by atoms with van der Waals surface area (Å²) in [6.07, 6.45) is 8.14. The molecule has 1 unspecified atom stereocenters. The van der Waals surface area contributed by atoms with Crippen LogP contribution in [0.3, 0.4) is 0 Å². The molecule has 1 aliphatic heterocycles. The monoisotopic (exact) mass is 228 g/mol. The zero-order valence-corrected chi connectivity index (χ0v) is 9.71. The van der Waals surface area contributed by atoms with E-state index in [0.29, 0.717) is 6.04 Å². The summed E-state index contributed by atoms with van der Waals surface area (Å²) in [6.45, 7) is 1.91.